The predicted octanol–water partition coefficient (Wildman–Crippen LogP) is 1.35. The van der Waals surface area contributed by atoms with Crippen molar-refractivity contribution in [3.63, 3.8) is 0 Å². The quantitative estimate of drug-likeness (QED) is 0.518. The van der Waals surface area contributed by atoms with E-state index in [1.807, 2.05) is 25.1 Å². The summed E-state index contributed by atoms with van der Waals surface area (Å²) in [6.45, 7) is 2.82. The van der Waals surface area contributed by atoms with Gasteiger partial charge >= 0.3 is 0 Å². The van der Waals surface area contributed by atoms with Crippen LogP contribution in [0.15, 0.2) is 18.2 Å². The van der Waals surface area contributed by atoms with Crippen molar-refractivity contribution in [3.8, 4) is 0 Å². The summed E-state index contributed by atoms with van der Waals surface area (Å²) in [6.07, 6.45) is 2.52. The number of hydrazine groups is 1. The van der Waals surface area contributed by atoms with Gasteiger partial charge in [-0.2, -0.15) is 0 Å². The van der Waals surface area contributed by atoms with Gasteiger partial charge in [-0.3, -0.25) is 0 Å². The molecule has 0 unspecified atom stereocenters. The van der Waals surface area contributed by atoms with Gasteiger partial charge < -0.3 is 15.5 Å². The maximum absolute atomic E-state index is 5.50. The van der Waals surface area contributed by atoms with Crippen molar-refractivity contribution in [1.29, 1.82) is 0 Å². The lowest BCUT2D eigenvalue weighted by atomic mass is 9.89. The van der Waals surface area contributed by atoms with Gasteiger partial charge in [0.25, 0.3) is 0 Å². The smallest absolute Gasteiger partial charge is 0.142 e. The van der Waals surface area contributed by atoms with Gasteiger partial charge in [-0.05, 0) is 31.9 Å². The van der Waals surface area contributed by atoms with Crippen LogP contribution in [0, 0.1) is 0 Å². The van der Waals surface area contributed by atoms with Crippen molar-refractivity contribution >= 4 is 11.6 Å². The Kier molecular flexibility index (Phi) is 3.58. The molecular formula is C11H18N4O. The molecular weight excluding hydrogens is 204 g/mol. The van der Waals surface area contributed by atoms with Crippen LogP contribution in [0.25, 0.3) is 0 Å². The number of aromatic nitrogens is 1. The van der Waals surface area contributed by atoms with E-state index in [4.69, 9.17) is 10.6 Å². The first kappa shape index (κ1) is 11.2. The Balaban J connectivity index is 1.82. The second-order valence-electron chi connectivity index (χ2n) is 3.94. The minimum absolute atomic E-state index is 0.415. The van der Waals surface area contributed by atoms with E-state index in [1.54, 1.807) is 0 Å². The Hall–Kier alpha value is -1.33. The van der Waals surface area contributed by atoms with Gasteiger partial charge in [-0.15, -0.1) is 0 Å². The molecule has 0 aliphatic heterocycles. The second kappa shape index (κ2) is 5.14. The molecule has 2 rings (SSSR count). The number of anilines is 2. The van der Waals surface area contributed by atoms with Crippen LogP contribution >= 0.6 is 0 Å². The van der Waals surface area contributed by atoms with E-state index in [-0.39, 0.29) is 0 Å². The molecule has 4 N–H and O–H groups in total. The highest BCUT2D eigenvalue weighted by atomic mass is 16.5. The fraction of sp³-hybridized carbons (Fsp3) is 0.545. The normalized spacial score (nSPS) is 23.6. The first-order valence-corrected chi connectivity index (χ1v) is 5.63. The van der Waals surface area contributed by atoms with Gasteiger partial charge in [0.15, 0.2) is 0 Å². The zero-order valence-corrected chi connectivity index (χ0v) is 9.44. The highest BCUT2D eigenvalue weighted by Crippen LogP contribution is 2.26. The van der Waals surface area contributed by atoms with E-state index in [9.17, 15) is 0 Å². The Morgan fingerprint density at radius 1 is 1.44 bits per heavy atom. The molecule has 0 amide bonds. The third-order valence-electron chi connectivity index (χ3n) is 2.75. The summed E-state index contributed by atoms with van der Waals surface area (Å²) < 4.78 is 5.50. The summed E-state index contributed by atoms with van der Waals surface area (Å²) in [4.78, 5) is 4.30. The molecule has 1 aliphatic carbocycles. The standard InChI is InChI=1S/C11H18N4O/c1-2-16-9-6-8(7-9)13-10-4-3-5-11(14-10)15-12/h3-5,8-9H,2,6-7,12H2,1H3,(H2,13,14,15). The van der Waals surface area contributed by atoms with Gasteiger partial charge in [0.05, 0.1) is 6.10 Å². The molecule has 5 heteroatoms. The molecule has 0 atom stereocenters. The first-order chi connectivity index (χ1) is 7.81. The second-order valence-corrected chi connectivity index (χ2v) is 3.94. The molecule has 1 heterocycles. The van der Waals surface area contributed by atoms with E-state index in [1.165, 1.54) is 0 Å². The molecule has 1 aliphatic rings. The maximum atomic E-state index is 5.50. The molecule has 5 nitrogen and oxygen atoms in total. The van der Waals surface area contributed by atoms with Crippen molar-refractivity contribution in [2.24, 2.45) is 5.84 Å². The Morgan fingerprint density at radius 2 is 2.19 bits per heavy atom. The van der Waals surface area contributed by atoms with Crippen molar-refractivity contribution in [3.05, 3.63) is 18.2 Å². The molecule has 0 aromatic carbocycles. The summed E-state index contributed by atoms with van der Waals surface area (Å²) in [5.41, 5.74) is 2.53. The summed E-state index contributed by atoms with van der Waals surface area (Å²) in [7, 11) is 0. The van der Waals surface area contributed by atoms with Gasteiger partial charge in [0.2, 0.25) is 0 Å². The minimum atomic E-state index is 0.415. The number of hydrogen-bond acceptors (Lipinski definition) is 5. The number of hydrogen-bond donors (Lipinski definition) is 3. The molecule has 1 saturated carbocycles. The van der Waals surface area contributed by atoms with E-state index in [2.05, 4.69) is 15.7 Å². The number of pyridine rings is 1. The summed E-state index contributed by atoms with van der Waals surface area (Å²) in [6, 6.07) is 6.16. The van der Waals surface area contributed by atoms with E-state index in [0.717, 1.165) is 25.3 Å². The number of nitrogen functional groups attached to an aromatic ring is 1. The number of ether oxygens (including phenoxy) is 1. The first-order valence-electron chi connectivity index (χ1n) is 5.63. The highest BCUT2D eigenvalue weighted by molar-refractivity contribution is 5.45. The molecule has 1 fully saturated rings. The lowest BCUT2D eigenvalue weighted by Crippen LogP contribution is -2.41. The molecule has 0 bridgehead atoms. The maximum Gasteiger partial charge on any atom is 0.142 e. The number of rotatable bonds is 5. The molecule has 0 saturated heterocycles. The zero-order chi connectivity index (χ0) is 11.4. The summed E-state index contributed by atoms with van der Waals surface area (Å²) >= 11 is 0. The average molecular weight is 222 g/mol. The van der Waals surface area contributed by atoms with Crippen LogP contribution in [-0.2, 0) is 4.74 Å². The SMILES string of the molecule is CCOC1CC(Nc2cccc(NN)n2)C1. The van der Waals surface area contributed by atoms with E-state index >= 15 is 0 Å². The molecule has 0 radical (unpaired) electrons. The predicted molar refractivity (Wildman–Crippen MR) is 64.1 cm³/mol. The Labute approximate surface area is 95.4 Å². The monoisotopic (exact) mass is 222 g/mol. The largest absolute Gasteiger partial charge is 0.378 e. The van der Waals surface area contributed by atoms with E-state index in [0.29, 0.717) is 18.0 Å². The van der Waals surface area contributed by atoms with E-state index < -0.39 is 0 Å². The van der Waals surface area contributed by atoms with Crippen molar-refractivity contribution in [2.45, 2.75) is 31.9 Å². The minimum Gasteiger partial charge on any atom is -0.378 e. The fourth-order valence-electron chi connectivity index (χ4n) is 1.86. The number of nitrogens with one attached hydrogen (secondary N) is 2. The van der Waals surface area contributed by atoms with Crippen LogP contribution in [0.2, 0.25) is 0 Å². The van der Waals surface area contributed by atoms with Gasteiger partial charge in [0.1, 0.15) is 11.6 Å². The van der Waals surface area contributed by atoms with Gasteiger partial charge in [-0.1, -0.05) is 6.07 Å². The lowest BCUT2D eigenvalue weighted by Gasteiger charge is -2.35. The Bertz CT molecular complexity index is 339. The third-order valence-corrected chi connectivity index (χ3v) is 2.75. The van der Waals surface area contributed by atoms with Crippen LogP contribution in [0.4, 0.5) is 11.6 Å². The molecule has 16 heavy (non-hydrogen) atoms. The van der Waals surface area contributed by atoms with Crippen LogP contribution in [0.5, 0.6) is 0 Å². The lowest BCUT2D eigenvalue weighted by molar-refractivity contribution is 0.00293. The molecule has 1 aromatic heterocycles. The van der Waals surface area contributed by atoms with Crippen molar-refractivity contribution in [2.75, 3.05) is 17.3 Å². The highest BCUT2D eigenvalue weighted by Gasteiger charge is 2.29. The zero-order valence-electron chi connectivity index (χ0n) is 9.44. The fourth-order valence-corrected chi connectivity index (χ4v) is 1.86. The van der Waals surface area contributed by atoms with Crippen molar-refractivity contribution in [1.82, 2.24) is 4.98 Å². The number of nitrogens with zero attached hydrogens (tertiary/aromatic N) is 1. The van der Waals surface area contributed by atoms with Crippen LogP contribution < -0.4 is 16.6 Å². The van der Waals surface area contributed by atoms with Gasteiger partial charge in [0, 0.05) is 12.6 Å². The average Bonchev–Trinajstić information content (AvgIpc) is 2.27. The molecule has 1 aromatic rings. The number of nitrogens with two attached hydrogens (primary N) is 1. The molecule has 0 spiro atoms. The van der Waals surface area contributed by atoms with Crippen LogP contribution in [-0.4, -0.2) is 23.7 Å². The Morgan fingerprint density at radius 3 is 2.88 bits per heavy atom. The summed E-state index contributed by atoms with van der Waals surface area (Å²) in [5, 5.41) is 3.35. The third kappa shape index (κ3) is 2.62. The van der Waals surface area contributed by atoms with Crippen molar-refractivity contribution < 1.29 is 4.74 Å². The van der Waals surface area contributed by atoms with Gasteiger partial charge in [-0.25, -0.2) is 10.8 Å². The van der Waals surface area contributed by atoms with Crippen LogP contribution in [0.3, 0.4) is 0 Å². The van der Waals surface area contributed by atoms with Crippen LogP contribution in [0.1, 0.15) is 19.8 Å². The topological polar surface area (TPSA) is 72.2 Å². The molecule has 88 valence electrons. The summed E-state index contributed by atoms with van der Waals surface area (Å²) in [5.74, 6) is 6.83.